The minimum atomic E-state index is -1.32. The predicted molar refractivity (Wildman–Crippen MR) is 108 cm³/mol. The monoisotopic (exact) mass is 463 g/mol. The van der Waals surface area contributed by atoms with Crippen LogP contribution in [-0.4, -0.2) is 40.4 Å². The zero-order chi connectivity index (χ0) is 21.2. The molecule has 0 bridgehead atoms. The third-order valence-electron chi connectivity index (χ3n) is 4.02. The average Bonchev–Trinajstić information content (AvgIpc) is 2.90. The Balaban J connectivity index is 1.77. The standard InChI is InChI=1S/C21H22BrNO6/c1-21(2,3)28-20(26)17(12-27-14-10-8-13(22)9-11-14)29-23-18(24)15-6-4-5-7-16(15)19(23)25/h4-11,17-18,24H,12H2,1-3H3/t17-,18?/m0/s1. The van der Waals surface area contributed by atoms with E-state index in [0.717, 1.165) is 9.54 Å². The van der Waals surface area contributed by atoms with Gasteiger partial charge in [0.1, 0.15) is 18.0 Å². The number of halogens is 1. The molecule has 29 heavy (non-hydrogen) atoms. The number of hydrogen-bond acceptors (Lipinski definition) is 6. The summed E-state index contributed by atoms with van der Waals surface area (Å²) in [6, 6.07) is 13.7. The number of carbonyl (C=O) groups excluding carboxylic acids is 2. The van der Waals surface area contributed by atoms with Gasteiger partial charge in [0.25, 0.3) is 5.91 Å². The third-order valence-corrected chi connectivity index (χ3v) is 4.55. The fourth-order valence-corrected chi connectivity index (χ4v) is 2.99. The zero-order valence-electron chi connectivity index (χ0n) is 16.3. The lowest BCUT2D eigenvalue weighted by Gasteiger charge is -2.28. The minimum absolute atomic E-state index is 0.205. The molecule has 1 aliphatic rings. The van der Waals surface area contributed by atoms with E-state index in [2.05, 4.69) is 15.9 Å². The average molecular weight is 464 g/mol. The van der Waals surface area contributed by atoms with Gasteiger partial charge in [-0.05, 0) is 51.1 Å². The number of rotatable bonds is 6. The lowest BCUT2D eigenvalue weighted by atomic mass is 10.1. The number of hydroxylamine groups is 2. The molecule has 0 spiro atoms. The normalized spacial score (nSPS) is 17.1. The second kappa shape index (κ2) is 8.52. The van der Waals surface area contributed by atoms with Crippen LogP contribution in [0.25, 0.3) is 0 Å². The van der Waals surface area contributed by atoms with Crippen molar-refractivity contribution >= 4 is 27.8 Å². The van der Waals surface area contributed by atoms with E-state index in [1.165, 1.54) is 0 Å². The van der Waals surface area contributed by atoms with Crippen molar-refractivity contribution < 1.29 is 29.0 Å². The first-order chi connectivity index (χ1) is 13.7. The maximum atomic E-state index is 12.7. The van der Waals surface area contributed by atoms with Crippen LogP contribution < -0.4 is 4.74 Å². The van der Waals surface area contributed by atoms with Crippen molar-refractivity contribution in [2.24, 2.45) is 0 Å². The van der Waals surface area contributed by atoms with Gasteiger partial charge >= 0.3 is 5.97 Å². The maximum Gasteiger partial charge on any atom is 0.342 e. The van der Waals surface area contributed by atoms with E-state index in [0.29, 0.717) is 16.9 Å². The van der Waals surface area contributed by atoms with Crippen LogP contribution in [0.1, 0.15) is 42.9 Å². The molecule has 8 heteroatoms. The lowest BCUT2D eigenvalue weighted by molar-refractivity contribution is -0.241. The molecular weight excluding hydrogens is 442 g/mol. The molecule has 2 atom stereocenters. The second-order valence-electron chi connectivity index (χ2n) is 7.48. The van der Waals surface area contributed by atoms with Gasteiger partial charge in [0, 0.05) is 15.6 Å². The maximum absolute atomic E-state index is 12.7. The number of hydrogen-bond donors (Lipinski definition) is 1. The van der Waals surface area contributed by atoms with E-state index in [9.17, 15) is 14.7 Å². The number of fused-ring (bicyclic) bond motifs is 1. The van der Waals surface area contributed by atoms with Gasteiger partial charge in [0.05, 0.1) is 0 Å². The van der Waals surface area contributed by atoms with E-state index in [4.69, 9.17) is 14.3 Å². The third kappa shape index (κ3) is 5.14. The van der Waals surface area contributed by atoms with Crippen LogP contribution in [0.2, 0.25) is 0 Å². The first-order valence-corrected chi connectivity index (χ1v) is 9.83. The van der Waals surface area contributed by atoms with E-state index < -0.39 is 29.8 Å². The molecule has 0 saturated heterocycles. The summed E-state index contributed by atoms with van der Waals surface area (Å²) in [4.78, 5) is 30.9. The molecule has 1 aliphatic heterocycles. The van der Waals surface area contributed by atoms with E-state index in [1.54, 1.807) is 69.3 Å². The quantitative estimate of drug-likeness (QED) is 0.658. The fourth-order valence-electron chi connectivity index (χ4n) is 2.73. The molecule has 0 aromatic heterocycles. The summed E-state index contributed by atoms with van der Waals surface area (Å²) in [5, 5.41) is 11.3. The van der Waals surface area contributed by atoms with Gasteiger partial charge in [0.15, 0.2) is 6.23 Å². The highest BCUT2D eigenvalue weighted by Gasteiger charge is 2.40. The highest BCUT2D eigenvalue weighted by molar-refractivity contribution is 9.10. The Morgan fingerprint density at radius 3 is 2.45 bits per heavy atom. The highest BCUT2D eigenvalue weighted by atomic mass is 79.9. The van der Waals surface area contributed by atoms with Gasteiger partial charge < -0.3 is 14.6 Å². The molecule has 0 aliphatic carbocycles. The summed E-state index contributed by atoms with van der Waals surface area (Å²) in [6.45, 7) is 4.97. The molecular formula is C21H22BrNO6. The van der Waals surface area contributed by atoms with Crippen molar-refractivity contribution in [2.75, 3.05) is 6.61 Å². The largest absolute Gasteiger partial charge is 0.490 e. The lowest BCUT2D eigenvalue weighted by Crippen LogP contribution is -2.43. The SMILES string of the molecule is CC(C)(C)OC(=O)[C@H](COc1ccc(Br)cc1)ON1C(=O)c2ccccc2C1O. The molecule has 2 aromatic carbocycles. The highest BCUT2D eigenvalue weighted by Crippen LogP contribution is 2.32. The molecule has 1 unspecified atom stereocenters. The topological polar surface area (TPSA) is 85.3 Å². The van der Waals surface area contributed by atoms with Gasteiger partial charge in [-0.25, -0.2) is 9.63 Å². The Bertz CT molecular complexity index is 893. The molecule has 1 N–H and O–H groups in total. The zero-order valence-corrected chi connectivity index (χ0v) is 17.9. The summed E-state index contributed by atoms with van der Waals surface area (Å²) >= 11 is 3.34. The van der Waals surface area contributed by atoms with Gasteiger partial charge in [-0.15, -0.1) is 0 Å². The molecule has 2 aromatic rings. The van der Waals surface area contributed by atoms with Gasteiger partial charge in [-0.1, -0.05) is 34.1 Å². The molecule has 1 amide bonds. The van der Waals surface area contributed by atoms with Crippen molar-refractivity contribution in [3.63, 3.8) is 0 Å². The van der Waals surface area contributed by atoms with Crippen LogP contribution in [0.15, 0.2) is 53.0 Å². The summed E-state index contributed by atoms with van der Waals surface area (Å²) < 4.78 is 11.9. The Morgan fingerprint density at radius 2 is 1.83 bits per heavy atom. The minimum Gasteiger partial charge on any atom is -0.490 e. The smallest absolute Gasteiger partial charge is 0.342 e. The number of amides is 1. The van der Waals surface area contributed by atoms with Crippen LogP contribution in [0, 0.1) is 0 Å². The molecule has 1 heterocycles. The molecule has 0 fully saturated rings. The summed E-state index contributed by atoms with van der Waals surface area (Å²) in [5.41, 5.74) is -0.0292. The number of aliphatic hydroxyl groups is 1. The van der Waals surface area contributed by atoms with E-state index in [-0.39, 0.29) is 6.61 Å². The molecule has 0 radical (unpaired) electrons. The number of ether oxygens (including phenoxy) is 2. The Hall–Kier alpha value is -2.42. The van der Waals surface area contributed by atoms with Crippen molar-refractivity contribution in [3.8, 4) is 5.75 Å². The van der Waals surface area contributed by atoms with Crippen molar-refractivity contribution in [1.29, 1.82) is 0 Å². The second-order valence-corrected chi connectivity index (χ2v) is 8.40. The van der Waals surface area contributed by atoms with Crippen LogP contribution in [0.5, 0.6) is 5.75 Å². The summed E-state index contributed by atoms with van der Waals surface area (Å²) in [7, 11) is 0. The fraction of sp³-hybridized carbons (Fsp3) is 0.333. The van der Waals surface area contributed by atoms with Gasteiger partial charge in [0.2, 0.25) is 6.10 Å². The number of aliphatic hydroxyl groups excluding tert-OH is 1. The summed E-state index contributed by atoms with van der Waals surface area (Å²) in [6.07, 6.45) is -2.58. The van der Waals surface area contributed by atoms with E-state index in [1.807, 2.05) is 0 Å². The first kappa shape index (κ1) is 21.3. The Morgan fingerprint density at radius 1 is 1.17 bits per heavy atom. The number of esters is 1. The van der Waals surface area contributed by atoms with Gasteiger partial charge in [-0.2, -0.15) is 5.06 Å². The Kier molecular flexibility index (Phi) is 6.26. The first-order valence-electron chi connectivity index (χ1n) is 9.04. The van der Waals surface area contributed by atoms with Crippen molar-refractivity contribution in [3.05, 3.63) is 64.1 Å². The number of benzene rings is 2. The van der Waals surface area contributed by atoms with Crippen LogP contribution in [-0.2, 0) is 14.4 Å². The number of nitrogens with zero attached hydrogens (tertiary/aromatic N) is 1. The van der Waals surface area contributed by atoms with Crippen molar-refractivity contribution in [1.82, 2.24) is 5.06 Å². The van der Waals surface area contributed by atoms with E-state index >= 15 is 0 Å². The molecule has 154 valence electrons. The van der Waals surface area contributed by atoms with Crippen LogP contribution in [0.4, 0.5) is 0 Å². The number of carbonyl (C=O) groups is 2. The Labute approximate surface area is 177 Å². The summed E-state index contributed by atoms with van der Waals surface area (Å²) in [5.74, 6) is -0.724. The molecule has 0 saturated carbocycles. The molecule has 3 rings (SSSR count). The van der Waals surface area contributed by atoms with Gasteiger partial charge in [-0.3, -0.25) is 4.79 Å². The van der Waals surface area contributed by atoms with Crippen LogP contribution in [0.3, 0.4) is 0 Å². The van der Waals surface area contributed by atoms with Crippen molar-refractivity contribution in [2.45, 2.75) is 38.7 Å². The van der Waals surface area contributed by atoms with Crippen LogP contribution >= 0.6 is 15.9 Å². The molecule has 7 nitrogen and oxygen atoms in total. The predicted octanol–water partition coefficient (Wildman–Crippen LogP) is 3.62.